The summed E-state index contributed by atoms with van der Waals surface area (Å²) in [6.07, 6.45) is 1.84. The summed E-state index contributed by atoms with van der Waals surface area (Å²) in [6.45, 7) is 0.269. The predicted molar refractivity (Wildman–Crippen MR) is 97.3 cm³/mol. The Morgan fingerprint density at radius 2 is 1.65 bits per heavy atom. The summed E-state index contributed by atoms with van der Waals surface area (Å²) in [5.74, 6) is -0.355. The van der Waals surface area contributed by atoms with Crippen LogP contribution in [0.3, 0.4) is 0 Å². The lowest BCUT2D eigenvalue weighted by Gasteiger charge is -2.03. The van der Waals surface area contributed by atoms with Gasteiger partial charge in [0, 0.05) is 12.7 Å². The maximum absolute atomic E-state index is 12.0. The van der Waals surface area contributed by atoms with E-state index in [1.54, 1.807) is 18.3 Å². The van der Waals surface area contributed by atoms with E-state index in [0.717, 1.165) is 16.7 Å². The Balaban J connectivity index is 1.79. The van der Waals surface area contributed by atoms with Crippen molar-refractivity contribution in [2.45, 2.75) is 13.0 Å². The van der Waals surface area contributed by atoms with Crippen molar-refractivity contribution in [3.8, 4) is 28.5 Å². The number of esters is 1. The van der Waals surface area contributed by atoms with Crippen molar-refractivity contribution in [2.24, 2.45) is 0 Å². The minimum Gasteiger partial charge on any atom is -0.469 e. The molecule has 0 bridgehead atoms. The molecule has 2 aromatic carbocycles. The summed E-state index contributed by atoms with van der Waals surface area (Å²) in [5.41, 5.74) is 3.95. The highest BCUT2D eigenvalue weighted by atomic mass is 16.5. The molecule has 0 saturated carbocycles. The van der Waals surface area contributed by atoms with Crippen LogP contribution in [0.2, 0.25) is 0 Å². The SMILES string of the molecule is COC(=O)CCn1cc(-c2ccc(-c3ccc(C#N)cc3)cc2)[nH]c1=O. The van der Waals surface area contributed by atoms with Crippen molar-refractivity contribution in [2.75, 3.05) is 7.11 Å². The van der Waals surface area contributed by atoms with Gasteiger partial charge in [0.05, 0.1) is 30.9 Å². The lowest BCUT2D eigenvalue weighted by Crippen LogP contribution is -2.18. The first-order valence-corrected chi connectivity index (χ1v) is 8.08. The van der Waals surface area contributed by atoms with Gasteiger partial charge in [-0.2, -0.15) is 5.26 Å². The molecule has 0 aliphatic rings. The molecule has 6 nitrogen and oxygen atoms in total. The van der Waals surface area contributed by atoms with Crippen LogP contribution in [0.5, 0.6) is 0 Å². The number of aryl methyl sites for hydroxylation is 1. The standard InChI is InChI=1S/C20H17N3O3/c1-26-19(24)10-11-23-13-18(22-20(23)25)17-8-6-16(7-9-17)15-4-2-14(12-21)3-5-15/h2-9,13H,10-11H2,1H3,(H,22,25). The zero-order chi connectivity index (χ0) is 18.5. The van der Waals surface area contributed by atoms with E-state index in [4.69, 9.17) is 5.26 Å². The Morgan fingerprint density at radius 3 is 2.23 bits per heavy atom. The van der Waals surface area contributed by atoms with Crippen LogP contribution in [0.4, 0.5) is 0 Å². The van der Waals surface area contributed by atoms with Crippen LogP contribution < -0.4 is 5.69 Å². The lowest BCUT2D eigenvalue weighted by atomic mass is 10.0. The average Bonchev–Trinajstić information content (AvgIpc) is 3.07. The molecule has 26 heavy (non-hydrogen) atoms. The first-order chi connectivity index (χ1) is 12.6. The molecule has 1 heterocycles. The number of carbonyl (C=O) groups is 1. The number of rotatable bonds is 5. The van der Waals surface area contributed by atoms with Crippen LogP contribution in [0, 0.1) is 11.3 Å². The minimum absolute atomic E-state index is 0.144. The Morgan fingerprint density at radius 1 is 1.08 bits per heavy atom. The molecule has 0 aliphatic carbocycles. The second-order valence-corrected chi connectivity index (χ2v) is 5.76. The van der Waals surface area contributed by atoms with E-state index in [-0.39, 0.29) is 24.6 Å². The van der Waals surface area contributed by atoms with Gasteiger partial charge in [-0.1, -0.05) is 36.4 Å². The summed E-state index contributed by atoms with van der Waals surface area (Å²) in [4.78, 5) is 26.0. The molecule has 0 saturated heterocycles. The molecular weight excluding hydrogens is 330 g/mol. The number of hydrogen-bond donors (Lipinski definition) is 1. The number of methoxy groups -OCH3 is 1. The molecule has 0 amide bonds. The molecule has 0 spiro atoms. The fraction of sp³-hybridized carbons (Fsp3) is 0.150. The number of nitrogens with one attached hydrogen (secondary N) is 1. The second kappa shape index (κ2) is 7.53. The molecule has 6 heteroatoms. The zero-order valence-electron chi connectivity index (χ0n) is 14.2. The number of aromatic nitrogens is 2. The molecule has 0 atom stereocenters. The molecule has 1 aromatic heterocycles. The molecule has 3 rings (SSSR count). The monoisotopic (exact) mass is 347 g/mol. The van der Waals surface area contributed by atoms with Gasteiger partial charge in [-0.3, -0.25) is 9.36 Å². The van der Waals surface area contributed by atoms with E-state index < -0.39 is 0 Å². The lowest BCUT2D eigenvalue weighted by molar-refractivity contribution is -0.140. The fourth-order valence-corrected chi connectivity index (χ4v) is 2.64. The highest BCUT2D eigenvalue weighted by Crippen LogP contribution is 2.23. The van der Waals surface area contributed by atoms with E-state index in [0.29, 0.717) is 11.3 Å². The first-order valence-electron chi connectivity index (χ1n) is 8.08. The van der Waals surface area contributed by atoms with Gasteiger partial charge >= 0.3 is 11.7 Å². The van der Waals surface area contributed by atoms with Crippen LogP contribution in [-0.4, -0.2) is 22.6 Å². The van der Waals surface area contributed by atoms with Crippen molar-refractivity contribution in [1.82, 2.24) is 9.55 Å². The van der Waals surface area contributed by atoms with Crippen LogP contribution in [-0.2, 0) is 16.1 Å². The number of nitrogens with zero attached hydrogens (tertiary/aromatic N) is 2. The van der Waals surface area contributed by atoms with Crippen molar-refractivity contribution in [1.29, 1.82) is 5.26 Å². The maximum atomic E-state index is 12.0. The average molecular weight is 347 g/mol. The highest BCUT2D eigenvalue weighted by molar-refractivity contribution is 5.70. The maximum Gasteiger partial charge on any atom is 0.325 e. The van der Waals surface area contributed by atoms with Gasteiger partial charge < -0.3 is 9.72 Å². The first kappa shape index (κ1) is 17.2. The number of imidazole rings is 1. The predicted octanol–water partition coefficient (Wildman–Crippen LogP) is 2.95. The number of ether oxygens (including phenoxy) is 1. The number of carbonyl (C=O) groups excluding carboxylic acids is 1. The van der Waals surface area contributed by atoms with Crippen LogP contribution in [0.25, 0.3) is 22.4 Å². The molecule has 0 radical (unpaired) electrons. The molecule has 3 aromatic rings. The third-order valence-corrected chi connectivity index (χ3v) is 4.12. The zero-order valence-corrected chi connectivity index (χ0v) is 14.2. The summed E-state index contributed by atoms with van der Waals surface area (Å²) >= 11 is 0. The van der Waals surface area contributed by atoms with Gasteiger partial charge in [-0.15, -0.1) is 0 Å². The van der Waals surface area contributed by atoms with Gasteiger partial charge in [0.2, 0.25) is 0 Å². The van der Waals surface area contributed by atoms with Crippen molar-refractivity contribution in [3.63, 3.8) is 0 Å². The Labute approximate surface area is 150 Å². The van der Waals surface area contributed by atoms with E-state index in [9.17, 15) is 9.59 Å². The van der Waals surface area contributed by atoms with Crippen molar-refractivity contribution >= 4 is 5.97 Å². The van der Waals surface area contributed by atoms with Gasteiger partial charge in [-0.05, 0) is 28.8 Å². The summed E-state index contributed by atoms with van der Waals surface area (Å²) < 4.78 is 6.05. The third kappa shape index (κ3) is 3.73. The minimum atomic E-state index is -0.355. The van der Waals surface area contributed by atoms with Crippen LogP contribution in [0.1, 0.15) is 12.0 Å². The van der Waals surface area contributed by atoms with Crippen LogP contribution >= 0.6 is 0 Å². The molecule has 130 valence electrons. The number of aromatic amines is 1. The number of hydrogen-bond acceptors (Lipinski definition) is 4. The normalized spacial score (nSPS) is 10.3. The third-order valence-electron chi connectivity index (χ3n) is 4.12. The largest absolute Gasteiger partial charge is 0.469 e. The van der Waals surface area contributed by atoms with Crippen LogP contribution in [0.15, 0.2) is 59.5 Å². The van der Waals surface area contributed by atoms with Gasteiger partial charge in [0.1, 0.15) is 0 Å². The van der Waals surface area contributed by atoms with E-state index >= 15 is 0 Å². The smallest absolute Gasteiger partial charge is 0.325 e. The molecular formula is C20H17N3O3. The second-order valence-electron chi connectivity index (χ2n) is 5.76. The Hall–Kier alpha value is -3.59. The number of benzene rings is 2. The summed E-state index contributed by atoms with van der Waals surface area (Å²) in [5, 5.41) is 8.86. The molecule has 0 fully saturated rings. The number of nitriles is 1. The van der Waals surface area contributed by atoms with Crippen molar-refractivity contribution in [3.05, 3.63) is 70.8 Å². The highest BCUT2D eigenvalue weighted by Gasteiger charge is 2.08. The number of H-pyrrole nitrogens is 1. The molecule has 1 N–H and O–H groups in total. The molecule has 0 aliphatic heterocycles. The van der Waals surface area contributed by atoms with Crippen molar-refractivity contribution < 1.29 is 9.53 Å². The van der Waals surface area contributed by atoms with Gasteiger partial charge in [0.15, 0.2) is 0 Å². The van der Waals surface area contributed by atoms with E-state index in [2.05, 4.69) is 15.8 Å². The summed E-state index contributed by atoms with van der Waals surface area (Å²) in [7, 11) is 1.32. The van der Waals surface area contributed by atoms with Gasteiger partial charge in [0.25, 0.3) is 0 Å². The molecule has 0 unspecified atom stereocenters. The van der Waals surface area contributed by atoms with E-state index in [1.165, 1.54) is 11.7 Å². The topological polar surface area (TPSA) is 87.9 Å². The summed E-state index contributed by atoms with van der Waals surface area (Å²) in [6, 6.07) is 17.2. The quantitative estimate of drug-likeness (QED) is 0.719. The fourth-order valence-electron chi connectivity index (χ4n) is 2.64. The van der Waals surface area contributed by atoms with E-state index in [1.807, 2.05) is 36.4 Å². The Bertz CT molecular complexity index is 1010. The van der Waals surface area contributed by atoms with Gasteiger partial charge in [-0.25, -0.2) is 4.79 Å². The Kier molecular flexibility index (Phi) is 4.99.